The minimum atomic E-state index is -0.171. The van der Waals surface area contributed by atoms with E-state index in [0.29, 0.717) is 29.8 Å². The van der Waals surface area contributed by atoms with Crippen molar-refractivity contribution < 1.29 is 14.2 Å². The molecule has 3 heterocycles. The number of para-hydroxylation sites is 1. The molecule has 0 amide bonds. The molecule has 0 aliphatic carbocycles. The fourth-order valence-electron chi connectivity index (χ4n) is 4.35. The van der Waals surface area contributed by atoms with Gasteiger partial charge in [-0.25, -0.2) is 9.97 Å². The SMILES string of the molecule is COc1ccccc1-c1ccnc(N[C@@H]2CO[C@@H]3[C@@H]2OC[C@@H]3NC(=S)Nc2cccc(C#N)c2)n1. The molecule has 0 spiro atoms. The van der Waals surface area contributed by atoms with Gasteiger partial charge in [0.25, 0.3) is 0 Å². The Bertz CT molecular complexity index is 1270. The molecule has 0 radical (unpaired) electrons. The third-order valence-electron chi connectivity index (χ3n) is 5.97. The minimum absolute atomic E-state index is 0.103. The Hall–Kier alpha value is -3.78. The quantitative estimate of drug-likeness (QED) is 0.448. The number of ether oxygens (including phenoxy) is 3. The van der Waals surface area contributed by atoms with Gasteiger partial charge < -0.3 is 30.2 Å². The summed E-state index contributed by atoms with van der Waals surface area (Å²) >= 11 is 5.47. The van der Waals surface area contributed by atoms with Gasteiger partial charge >= 0.3 is 0 Å². The average Bonchev–Trinajstić information content (AvgIpc) is 3.47. The lowest BCUT2D eigenvalue weighted by Gasteiger charge is -2.20. The topological polar surface area (TPSA) is 113 Å². The van der Waals surface area contributed by atoms with E-state index in [1.807, 2.05) is 36.4 Å². The van der Waals surface area contributed by atoms with E-state index in [9.17, 15) is 0 Å². The highest BCUT2D eigenvalue weighted by Gasteiger charge is 2.48. The van der Waals surface area contributed by atoms with Crippen LogP contribution >= 0.6 is 12.2 Å². The van der Waals surface area contributed by atoms with Gasteiger partial charge in [0, 0.05) is 17.4 Å². The molecule has 0 bridgehead atoms. The summed E-state index contributed by atoms with van der Waals surface area (Å²) < 4.78 is 17.6. The minimum Gasteiger partial charge on any atom is -0.496 e. The van der Waals surface area contributed by atoms with Crippen LogP contribution in [0.4, 0.5) is 11.6 Å². The third-order valence-corrected chi connectivity index (χ3v) is 6.19. The summed E-state index contributed by atoms with van der Waals surface area (Å²) in [5.74, 6) is 1.25. The van der Waals surface area contributed by atoms with Crippen LogP contribution in [0.3, 0.4) is 0 Å². The van der Waals surface area contributed by atoms with Crippen molar-refractivity contribution in [1.29, 1.82) is 5.26 Å². The van der Waals surface area contributed by atoms with Crippen LogP contribution < -0.4 is 20.7 Å². The Morgan fingerprint density at radius 3 is 2.71 bits per heavy atom. The van der Waals surface area contributed by atoms with E-state index in [1.165, 1.54) is 0 Å². The molecule has 2 fully saturated rings. The molecule has 3 aromatic rings. The van der Waals surface area contributed by atoms with Gasteiger partial charge in [0.1, 0.15) is 18.0 Å². The van der Waals surface area contributed by atoms with E-state index in [1.54, 1.807) is 31.5 Å². The second kappa shape index (κ2) is 10.2. The van der Waals surface area contributed by atoms with Crippen molar-refractivity contribution in [2.24, 2.45) is 0 Å². The zero-order chi connectivity index (χ0) is 24.2. The summed E-state index contributed by atoms with van der Waals surface area (Å²) in [7, 11) is 1.64. The fraction of sp³-hybridized carbons (Fsp3) is 0.280. The number of hydrogen-bond donors (Lipinski definition) is 3. The van der Waals surface area contributed by atoms with Crippen LogP contribution in [0.5, 0.6) is 5.75 Å². The smallest absolute Gasteiger partial charge is 0.223 e. The van der Waals surface area contributed by atoms with Gasteiger partial charge in [-0.3, -0.25) is 0 Å². The number of aromatic nitrogens is 2. The molecule has 178 valence electrons. The van der Waals surface area contributed by atoms with Crippen LogP contribution in [0.15, 0.2) is 60.8 Å². The number of methoxy groups -OCH3 is 1. The maximum Gasteiger partial charge on any atom is 0.223 e. The molecule has 5 rings (SSSR count). The monoisotopic (exact) mass is 488 g/mol. The van der Waals surface area contributed by atoms with Crippen molar-refractivity contribution >= 4 is 29.0 Å². The van der Waals surface area contributed by atoms with Crippen molar-refractivity contribution in [3.63, 3.8) is 0 Å². The first-order valence-electron chi connectivity index (χ1n) is 11.2. The Balaban J connectivity index is 1.21. The lowest BCUT2D eigenvalue weighted by atomic mass is 10.1. The fourth-order valence-corrected chi connectivity index (χ4v) is 4.62. The van der Waals surface area contributed by atoms with Gasteiger partial charge in [0.05, 0.1) is 49.7 Å². The lowest BCUT2D eigenvalue weighted by molar-refractivity contribution is 0.0689. The number of nitriles is 1. The highest BCUT2D eigenvalue weighted by Crippen LogP contribution is 2.31. The Morgan fingerprint density at radius 2 is 1.89 bits per heavy atom. The number of anilines is 2. The summed E-state index contributed by atoms with van der Waals surface area (Å²) in [5.41, 5.74) is 2.96. The highest BCUT2D eigenvalue weighted by molar-refractivity contribution is 7.80. The first-order valence-corrected chi connectivity index (χ1v) is 11.6. The van der Waals surface area contributed by atoms with Gasteiger partial charge in [-0.1, -0.05) is 18.2 Å². The number of hydrogen-bond acceptors (Lipinski definition) is 8. The number of nitrogens with one attached hydrogen (secondary N) is 3. The van der Waals surface area contributed by atoms with Crippen LogP contribution in [0.25, 0.3) is 11.3 Å². The predicted molar refractivity (Wildman–Crippen MR) is 135 cm³/mol. The van der Waals surface area contributed by atoms with Gasteiger partial charge in [-0.15, -0.1) is 0 Å². The molecule has 9 nitrogen and oxygen atoms in total. The molecular weight excluding hydrogens is 464 g/mol. The number of rotatable bonds is 6. The average molecular weight is 489 g/mol. The van der Waals surface area contributed by atoms with Crippen molar-refractivity contribution in [3.8, 4) is 23.1 Å². The van der Waals surface area contributed by atoms with Gasteiger partial charge in [0.2, 0.25) is 5.95 Å². The van der Waals surface area contributed by atoms with E-state index < -0.39 is 0 Å². The van der Waals surface area contributed by atoms with E-state index in [-0.39, 0.29) is 24.3 Å². The maximum atomic E-state index is 9.08. The molecule has 3 N–H and O–H groups in total. The van der Waals surface area contributed by atoms with Crippen molar-refractivity contribution in [2.45, 2.75) is 24.3 Å². The first-order chi connectivity index (χ1) is 17.1. The number of thiocarbonyl (C=S) groups is 1. The van der Waals surface area contributed by atoms with Crippen LogP contribution in [0, 0.1) is 11.3 Å². The predicted octanol–water partition coefficient (Wildman–Crippen LogP) is 2.96. The number of benzene rings is 2. The molecule has 35 heavy (non-hydrogen) atoms. The highest BCUT2D eigenvalue weighted by atomic mass is 32.1. The van der Waals surface area contributed by atoms with E-state index in [4.69, 9.17) is 31.7 Å². The van der Waals surface area contributed by atoms with Crippen LogP contribution in [-0.2, 0) is 9.47 Å². The largest absolute Gasteiger partial charge is 0.496 e. The zero-order valence-electron chi connectivity index (χ0n) is 19.0. The Labute approximate surface area is 208 Å². The van der Waals surface area contributed by atoms with E-state index >= 15 is 0 Å². The first kappa shape index (κ1) is 23.0. The van der Waals surface area contributed by atoms with E-state index in [2.05, 4.69) is 32.0 Å². The molecule has 0 unspecified atom stereocenters. The van der Waals surface area contributed by atoms with Crippen LogP contribution in [-0.4, -0.2) is 59.7 Å². The summed E-state index contributed by atoms with van der Waals surface area (Å²) in [6, 6.07) is 18.6. The van der Waals surface area contributed by atoms with Crippen LogP contribution in [0.1, 0.15) is 5.56 Å². The normalized spacial score (nSPS) is 22.6. The van der Waals surface area contributed by atoms with E-state index in [0.717, 1.165) is 22.7 Å². The molecular formula is C25H24N6O3S. The molecule has 2 saturated heterocycles. The molecule has 4 atom stereocenters. The Kier molecular flexibility index (Phi) is 6.72. The third kappa shape index (κ3) is 5.02. The summed E-state index contributed by atoms with van der Waals surface area (Å²) in [5, 5.41) is 19.3. The summed E-state index contributed by atoms with van der Waals surface area (Å²) in [6.45, 7) is 0.913. The van der Waals surface area contributed by atoms with Gasteiger partial charge in [0.15, 0.2) is 5.11 Å². The molecule has 10 heteroatoms. The zero-order valence-corrected chi connectivity index (χ0v) is 19.8. The standard InChI is InChI=1S/C25H24N6O3S/c1-32-21-8-3-2-7-17(21)18-9-10-27-24(29-18)30-19-13-33-23-20(14-34-22(19)23)31-25(35)28-16-6-4-5-15(11-16)12-26/h2-11,19-20,22-23H,13-14H2,1H3,(H,27,29,30)(H2,28,31,35)/t19-,20+,22-,23+/m1/s1. The summed E-state index contributed by atoms with van der Waals surface area (Å²) in [6.07, 6.45) is 1.38. The van der Waals surface area contributed by atoms with Gasteiger partial charge in [-0.2, -0.15) is 5.26 Å². The molecule has 2 aliphatic rings. The number of fused-ring (bicyclic) bond motifs is 1. The summed E-state index contributed by atoms with van der Waals surface area (Å²) in [4.78, 5) is 9.06. The number of nitrogens with zero attached hydrogens (tertiary/aromatic N) is 3. The maximum absolute atomic E-state index is 9.08. The van der Waals surface area contributed by atoms with Gasteiger partial charge in [-0.05, 0) is 48.6 Å². The molecule has 0 saturated carbocycles. The van der Waals surface area contributed by atoms with Crippen molar-refractivity contribution in [3.05, 3.63) is 66.4 Å². The second-order valence-electron chi connectivity index (χ2n) is 8.21. The van der Waals surface area contributed by atoms with Crippen LogP contribution in [0.2, 0.25) is 0 Å². The molecule has 2 aliphatic heterocycles. The molecule has 1 aromatic heterocycles. The van der Waals surface area contributed by atoms with Crippen molar-refractivity contribution in [1.82, 2.24) is 15.3 Å². The second-order valence-corrected chi connectivity index (χ2v) is 8.62. The van der Waals surface area contributed by atoms with Crippen molar-refractivity contribution in [2.75, 3.05) is 31.0 Å². The lowest BCUT2D eigenvalue weighted by Crippen LogP contribution is -2.46. The molecule has 2 aromatic carbocycles. The Morgan fingerprint density at radius 1 is 1.09 bits per heavy atom.